The van der Waals surface area contributed by atoms with Crippen LogP contribution < -0.4 is 5.73 Å². The third kappa shape index (κ3) is 4.59. The van der Waals surface area contributed by atoms with Gasteiger partial charge in [-0.2, -0.15) is 10.5 Å². The summed E-state index contributed by atoms with van der Waals surface area (Å²) in [6.45, 7) is 0. The van der Waals surface area contributed by atoms with Crippen LogP contribution in [-0.4, -0.2) is 15.1 Å². The van der Waals surface area contributed by atoms with Crippen molar-refractivity contribution in [2.45, 2.75) is 0 Å². The van der Waals surface area contributed by atoms with Crippen LogP contribution in [0.2, 0.25) is 0 Å². The van der Waals surface area contributed by atoms with Crippen molar-refractivity contribution in [3.63, 3.8) is 0 Å². The standard InChI is InChI=1S/C7H3BrN2O3.C7H5BrN2O/c8-5-1-4(3-9)7(11)6(2-5)10(12)13;8-5-1-4(3-9)7(11)6(10)2-5/h1-2,11H;1-2,11H,10H2. The molecule has 0 aliphatic heterocycles. The van der Waals surface area contributed by atoms with E-state index in [1.54, 1.807) is 6.07 Å². The van der Waals surface area contributed by atoms with Gasteiger partial charge < -0.3 is 15.9 Å². The zero-order valence-electron chi connectivity index (χ0n) is 11.7. The van der Waals surface area contributed by atoms with Crippen molar-refractivity contribution < 1.29 is 15.1 Å². The van der Waals surface area contributed by atoms with Crippen molar-refractivity contribution in [2.75, 3.05) is 5.73 Å². The Morgan fingerprint density at radius 1 is 1.00 bits per heavy atom. The number of hydrogen-bond donors (Lipinski definition) is 3. The molecule has 0 radical (unpaired) electrons. The van der Waals surface area contributed by atoms with Crippen LogP contribution in [0.4, 0.5) is 11.4 Å². The number of phenols is 2. The van der Waals surface area contributed by atoms with E-state index in [0.29, 0.717) is 8.95 Å². The highest BCUT2D eigenvalue weighted by molar-refractivity contribution is 9.10. The number of nitrogen functional groups attached to an aromatic ring is 1. The van der Waals surface area contributed by atoms with Gasteiger partial charge in [0.1, 0.15) is 17.7 Å². The third-order valence-electron chi connectivity index (χ3n) is 2.60. The molecule has 0 saturated heterocycles. The number of aromatic hydroxyl groups is 2. The van der Waals surface area contributed by atoms with Gasteiger partial charge in [-0.05, 0) is 18.2 Å². The number of hydrogen-bond acceptors (Lipinski definition) is 7. The number of benzene rings is 2. The van der Waals surface area contributed by atoms with Gasteiger partial charge in [-0.25, -0.2) is 0 Å². The molecule has 0 bridgehead atoms. The van der Waals surface area contributed by atoms with E-state index in [-0.39, 0.29) is 22.6 Å². The fourth-order valence-electron chi connectivity index (χ4n) is 1.51. The lowest BCUT2D eigenvalue weighted by Gasteiger charge is -2.00. The zero-order chi connectivity index (χ0) is 18.4. The summed E-state index contributed by atoms with van der Waals surface area (Å²) >= 11 is 6.14. The molecule has 0 atom stereocenters. The van der Waals surface area contributed by atoms with E-state index in [0.717, 1.165) is 6.07 Å². The summed E-state index contributed by atoms with van der Waals surface area (Å²) in [7, 11) is 0. The zero-order valence-corrected chi connectivity index (χ0v) is 14.9. The van der Waals surface area contributed by atoms with E-state index in [1.165, 1.54) is 18.2 Å². The Morgan fingerprint density at radius 2 is 1.46 bits per heavy atom. The van der Waals surface area contributed by atoms with Gasteiger partial charge in [0.15, 0.2) is 5.75 Å². The van der Waals surface area contributed by atoms with Crippen LogP contribution in [-0.2, 0) is 0 Å². The van der Waals surface area contributed by atoms with E-state index in [2.05, 4.69) is 31.9 Å². The Hall–Kier alpha value is -2.82. The Morgan fingerprint density at radius 3 is 1.92 bits per heavy atom. The van der Waals surface area contributed by atoms with Gasteiger partial charge in [0.05, 0.1) is 16.2 Å². The summed E-state index contributed by atoms with van der Waals surface area (Å²) in [6, 6.07) is 8.95. The quantitative estimate of drug-likeness (QED) is 0.256. The molecular formula is C14H8Br2N4O4. The Kier molecular flexibility index (Phi) is 6.53. The SMILES string of the molecule is N#Cc1cc(Br)cc(N)c1O.N#Cc1cc(Br)cc([N+](=O)[O-])c1O. The van der Waals surface area contributed by atoms with Gasteiger partial charge in [-0.3, -0.25) is 10.1 Å². The number of nitrogens with zero attached hydrogens (tertiary/aromatic N) is 3. The van der Waals surface area contributed by atoms with Crippen molar-refractivity contribution in [3.05, 3.63) is 54.5 Å². The van der Waals surface area contributed by atoms with Crippen molar-refractivity contribution in [3.8, 4) is 23.6 Å². The van der Waals surface area contributed by atoms with Gasteiger partial charge >= 0.3 is 5.69 Å². The Labute approximate surface area is 152 Å². The molecule has 0 amide bonds. The highest BCUT2D eigenvalue weighted by Crippen LogP contribution is 2.32. The Balaban J connectivity index is 0.000000243. The van der Waals surface area contributed by atoms with Crippen LogP contribution in [0.5, 0.6) is 11.5 Å². The van der Waals surface area contributed by atoms with Gasteiger partial charge in [-0.15, -0.1) is 0 Å². The van der Waals surface area contributed by atoms with Crippen molar-refractivity contribution >= 4 is 43.2 Å². The number of anilines is 1. The number of phenolic OH excluding ortho intramolecular Hbond substituents is 2. The maximum absolute atomic E-state index is 10.4. The average molecular weight is 456 g/mol. The summed E-state index contributed by atoms with van der Waals surface area (Å²) in [4.78, 5) is 9.61. The number of rotatable bonds is 1. The lowest BCUT2D eigenvalue weighted by atomic mass is 10.2. The second-order valence-corrected chi connectivity index (χ2v) is 6.02. The molecule has 2 rings (SSSR count). The summed E-state index contributed by atoms with van der Waals surface area (Å²) in [5.41, 5.74) is 5.14. The molecule has 10 heteroatoms. The molecule has 0 saturated carbocycles. The number of nitro benzene ring substituents is 1. The topological polar surface area (TPSA) is 157 Å². The van der Waals surface area contributed by atoms with Crippen LogP contribution in [0.3, 0.4) is 0 Å². The van der Waals surface area contributed by atoms with E-state index in [4.69, 9.17) is 21.4 Å². The molecule has 0 unspecified atom stereocenters. The van der Waals surface area contributed by atoms with Crippen LogP contribution in [0.1, 0.15) is 11.1 Å². The number of nitro groups is 1. The molecule has 0 heterocycles. The predicted molar refractivity (Wildman–Crippen MR) is 92.1 cm³/mol. The molecule has 122 valence electrons. The predicted octanol–water partition coefficient (Wildman–Crippen LogP) is 3.54. The van der Waals surface area contributed by atoms with Crippen molar-refractivity contribution in [1.29, 1.82) is 10.5 Å². The molecule has 0 fully saturated rings. The minimum Gasteiger partial charge on any atom is -0.504 e. The summed E-state index contributed by atoms with van der Waals surface area (Å²) in [5, 5.41) is 45.7. The van der Waals surface area contributed by atoms with Crippen LogP contribution in [0, 0.1) is 32.8 Å². The van der Waals surface area contributed by atoms with E-state index >= 15 is 0 Å². The number of nitrogens with two attached hydrogens (primary N) is 1. The second kappa shape index (κ2) is 8.15. The third-order valence-corrected chi connectivity index (χ3v) is 3.51. The number of halogens is 2. The smallest absolute Gasteiger partial charge is 0.313 e. The molecule has 0 aliphatic rings. The highest BCUT2D eigenvalue weighted by Gasteiger charge is 2.17. The normalized spacial score (nSPS) is 9.17. The number of nitriles is 2. The Bertz CT molecular complexity index is 888. The molecule has 0 aliphatic carbocycles. The van der Waals surface area contributed by atoms with Crippen LogP contribution >= 0.6 is 31.9 Å². The van der Waals surface area contributed by atoms with E-state index in [9.17, 15) is 15.2 Å². The summed E-state index contributed by atoms with van der Waals surface area (Å²) in [5.74, 6) is -0.758. The maximum atomic E-state index is 10.4. The summed E-state index contributed by atoms with van der Waals surface area (Å²) < 4.78 is 1.07. The molecule has 2 aromatic carbocycles. The minimum atomic E-state index is -0.749. The molecule has 2 aromatic rings. The van der Waals surface area contributed by atoms with Crippen LogP contribution in [0.15, 0.2) is 33.2 Å². The van der Waals surface area contributed by atoms with Gasteiger partial charge in [-0.1, -0.05) is 31.9 Å². The maximum Gasteiger partial charge on any atom is 0.313 e. The average Bonchev–Trinajstić information content (AvgIpc) is 2.53. The fourth-order valence-corrected chi connectivity index (χ4v) is 2.44. The fraction of sp³-hybridized carbons (Fsp3) is 0. The first-order valence-electron chi connectivity index (χ1n) is 5.96. The first-order chi connectivity index (χ1) is 11.2. The first kappa shape index (κ1) is 19.2. The van der Waals surface area contributed by atoms with Gasteiger partial charge in [0.2, 0.25) is 5.75 Å². The monoisotopic (exact) mass is 454 g/mol. The summed E-state index contributed by atoms with van der Waals surface area (Å²) in [6.07, 6.45) is 0. The van der Waals surface area contributed by atoms with Crippen molar-refractivity contribution in [1.82, 2.24) is 0 Å². The molecule has 24 heavy (non-hydrogen) atoms. The lowest BCUT2D eigenvalue weighted by molar-refractivity contribution is -0.386. The first-order valence-corrected chi connectivity index (χ1v) is 7.55. The van der Waals surface area contributed by atoms with Crippen LogP contribution in [0.25, 0.3) is 0 Å². The van der Waals surface area contributed by atoms with E-state index in [1.807, 2.05) is 6.07 Å². The largest absolute Gasteiger partial charge is 0.504 e. The van der Waals surface area contributed by atoms with E-state index < -0.39 is 16.4 Å². The molecule has 8 nitrogen and oxygen atoms in total. The minimum absolute atomic E-state index is 0.124. The van der Waals surface area contributed by atoms with Gasteiger partial charge in [0, 0.05) is 15.0 Å². The van der Waals surface area contributed by atoms with Crippen molar-refractivity contribution in [2.24, 2.45) is 0 Å². The highest BCUT2D eigenvalue weighted by atomic mass is 79.9. The molecule has 0 aromatic heterocycles. The molecule has 4 N–H and O–H groups in total. The molecular weight excluding hydrogens is 448 g/mol. The second-order valence-electron chi connectivity index (χ2n) is 4.19. The lowest BCUT2D eigenvalue weighted by Crippen LogP contribution is -1.90. The molecule has 0 spiro atoms. The van der Waals surface area contributed by atoms with Gasteiger partial charge in [0.25, 0.3) is 0 Å².